The zero-order valence-corrected chi connectivity index (χ0v) is 17.6. The van der Waals surface area contributed by atoms with Crippen molar-refractivity contribution in [3.05, 3.63) is 83.9 Å². The molecule has 3 aromatic rings. The SMILES string of the molecule is Cc1cccc(N2C(=S)N[C@H](c3ccccn3)[C@@H]2c2ccn(C(C)(C)C)c2)c1. The smallest absolute Gasteiger partial charge is 0.174 e. The predicted molar refractivity (Wildman–Crippen MR) is 119 cm³/mol. The summed E-state index contributed by atoms with van der Waals surface area (Å²) in [5.41, 5.74) is 4.56. The van der Waals surface area contributed by atoms with Crippen molar-refractivity contribution < 1.29 is 0 Å². The summed E-state index contributed by atoms with van der Waals surface area (Å²) in [6.45, 7) is 8.74. The molecule has 5 heteroatoms. The zero-order valence-electron chi connectivity index (χ0n) is 16.8. The summed E-state index contributed by atoms with van der Waals surface area (Å²) in [4.78, 5) is 6.84. The van der Waals surface area contributed by atoms with Gasteiger partial charge in [0.05, 0.1) is 17.8 Å². The van der Waals surface area contributed by atoms with Crippen molar-refractivity contribution >= 4 is 23.0 Å². The first kappa shape index (κ1) is 18.7. The van der Waals surface area contributed by atoms with Crippen LogP contribution in [0.2, 0.25) is 0 Å². The van der Waals surface area contributed by atoms with Crippen molar-refractivity contribution in [1.29, 1.82) is 0 Å². The first-order chi connectivity index (χ1) is 13.3. The van der Waals surface area contributed by atoms with Gasteiger partial charge in [-0.2, -0.15) is 0 Å². The number of benzene rings is 1. The van der Waals surface area contributed by atoms with Crippen LogP contribution >= 0.6 is 12.2 Å². The molecule has 28 heavy (non-hydrogen) atoms. The number of hydrogen-bond donors (Lipinski definition) is 1. The van der Waals surface area contributed by atoms with Crippen molar-refractivity contribution in [1.82, 2.24) is 14.9 Å². The summed E-state index contributed by atoms with van der Waals surface area (Å²) in [7, 11) is 0. The number of thiocarbonyl (C=S) groups is 1. The second-order valence-electron chi connectivity index (χ2n) is 8.36. The van der Waals surface area contributed by atoms with Crippen molar-refractivity contribution in [3.8, 4) is 0 Å². The van der Waals surface area contributed by atoms with Crippen molar-refractivity contribution in [2.45, 2.75) is 45.3 Å². The Balaban J connectivity index is 1.83. The maximum atomic E-state index is 5.78. The Bertz CT molecular complexity index is 987. The molecule has 1 saturated heterocycles. The molecule has 3 heterocycles. The van der Waals surface area contributed by atoms with Crippen LogP contribution in [-0.2, 0) is 5.54 Å². The van der Waals surface area contributed by atoms with E-state index >= 15 is 0 Å². The van der Waals surface area contributed by atoms with Crippen molar-refractivity contribution in [2.75, 3.05) is 4.90 Å². The van der Waals surface area contributed by atoms with E-state index in [0.29, 0.717) is 0 Å². The Hall–Kier alpha value is -2.66. The third-order valence-corrected chi connectivity index (χ3v) is 5.52. The van der Waals surface area contributed by atoms with Crippen LogP contribution in [-0.4, -0.2) is 14.7 Å². The fraction of sp³-hybridized carbons (Fsp3) is 0.304. The van der Waals surface area contributed by atoms with Gasteiger partial charge in [-0.05, 0) is 81.4 Å². The molecule has 0 bridgehead atoms. The summed E-state index contributed by atoms with van der Waals surface area (Å²) in [6.07, 6.45) is 6.23. The number of hydrogen-bond acceptors (Lipinski definition) is 2. The molecule has 1 aliphatic heterocycles. The lowest BCUT2D eigenvalue weighted by atomic mass is 9.98. The average Bonchev–Trinajstić information content (AvgIpc) is 3.27. The topological polar surface area (TPSA) is 33.1 Å². The summed E-state index contributed by atoms with van der Waals surface area (Å²) in [5.74, 6) is 0. The monoisotopic (exact) mass is 390 g/mol. The molecular weight excluding hydrogens is 364 g/mol. The van der Waals surface area contributed by atoms with Gasteiger partial charge in [-0.3, -0.25) is 4.98 Å². The van der Waals surface area contributed by atoms with Crippen LogP contribution in [0.3, 0.4) is 0 Å². The second-order valence-corrected chi connectivity index (χ2v) is 8.75. The third-order valence-electron chi connectivity index (χ3n) is 5.21. The summed E-state index contributed by atoms with van der Waals surface area (Å²) < 4.78 is 2.26. The van der Waals surface area contributed by atoms with Gasteiger partial charge in [-0.1, -0.05) is 18.2 Å². The number of nitrogens with zero attached hydrogens (tertiary/aromatic N) is 3. The van der Waals surface area contributed by atoms with E-state index in [0.717, 1.165) is 16.5 Å². The molecule has 0 saturated carbocycles. The average molecular weight is 391 g/mol. The lowest BCUT2D eigenvalue weighted by Gasteiger charge is -2.28. The summed E-state index contributed by atoms with van der Waals surface area (Å²) in [6, 6.07) is 16.8. The molecule has 0 amide bonds. The van der Waals surface area contributed by atoms with E-state index < -0.39 is 0 Å². The van der Waals surface area contributed by atoms with Gasteiger partial charge in [0, 0.05) is 29.8 Å². The van der Waals surface area contributed by atoms with Gasteiger partial charge >= 0.3 is 0 Å². The van der Waals surface area contributed by atoms with Gasteiger partial charge in [-0.25, -0.2) is 0 Å². The number of nitrogens with one attached hydrogen (secondary N) is 1. The van der Waals surface area contributed by atoms with E-state index in [1.54, 1.807) is 0 Å². The highest BCUT2D eigenvalue weighted by molar-refractivity contribution is 7.80. The summed E-state index contributed by atoms with van der Waals surface area (Å²) in [5, 5.41) is 4.25. The van der Waals surface area contributed by atoms with Gasteiger partial charge in [0.1, 0.15) is 0 Å². The van der Waals surface area contributed by atoms with Gasteiger partial charge in [-0.15, -0.1) is 0 Å². The molecule has 1 N–H and O–H groups in total. The lowest BCUT2D eigenvalue weighted by Crippen LogP contribution is -2.29. The maximum absolute atomic E-state index is 5.78. The highest BCUT2D eigenvalue weighted by Crippen LogP contribution is 2.42. The number of aromatic nitrogens is 2. The third kappa shape index (κ3) is 3.42. The van der Waals surface area contributed by atoms with Gasteiger partial charge in [0.2, 0.25) is 0 Å². The summed E-state index contributed by atoms with van der Waals surface area (Å²) >= 11 is 5.78. The van der Waals surface area contributed by atoms with Crippen LogP contribution in [0.25, 0.3) is 0 Å². The maximum Gasteiger partial charge on any atom is 0.174 e. The molecule has 1 fully saturated rings. The van der Waals surface area contributed by atoms with E-state index in [9.17, 15) is 0 Å². The predicted octanol–water partition coefficient (Wildman–Crippen LogP) is 5.12. The van der Waals surface area contributed by atoms with Gasteiger partial charge in [0.25, 0.3) is 0 Å². The van der Waals surface area contributed by atoms with Crippen LogP contribution in [0.5, 0.6) is 0 Å². The zero-order chi connectivity index (χ0) is 19.9. The molecule has 1 aliphatic rings. The molecule has 4 rings (SSSR count). The number of aryl methyl sites for hydroxylation is 1. The minimum Gasteiger partial charge on any atom is -0.351 e. The van der Waals surface area contributed by atoms with E-state index in [-0.39, 0.29) is 17.6 Å². The molecule has 0 spiro atoms. The van der Waals surface area contributed by atoms with Gasteiger partial charge in [0.15, 0.2) is 5.11 Å². The second kappa shape index (κ2) is 7.06. The lowest BCUT2D eigenvalue weighted by molar-refractivity contribution is 0.397. The molecule has 1 aromatic carbocycles. The Morgan fingerprint density at radius 1 is 1.07 bits per heavy atom. The van der Waals surface area contributed by atoms with E-state index in [4.69, 9.17) is 12.2 Å². The van der Waals surface area contributed by atoms with E-state index in [2.05, 4.69) is 96.3 Å². The fourth-order valence-corrected chi connectivity index (χ4v) is 4.10. The van der Waals surface area contributed by atoms with Crippen LogP contribution in [0.15, 0.2) is 67.1 Å². The van der Waals surface area contributed by atoms with E-state index in [1.807, 2.05) is 18.3 Å². The molecule has 2 atom stereocenters. The molecule has 0 aliphatic carbocycles. The Labute approximate surface area is 172 Å². The minimum absolute atomic E-state index is 0.00923. The van der Waals surface area contributed by atoms with Crippen molar-refractivity contribution in [2.24, 2.45) is 0 Å². The quantitative estimate of drug-likeness (QED) is 0.629. The Morgan fingerprint density at radius 2 is 1.89 bits per heavy atom. The minimum atomic E-state index is -0.00923. The van der Waals surface area contributed by atoms with Crippen LogP contribution in [0, 0.1) is 6.92 Å². The molecule has 4 nitrogen and oxygen atoms in total. The van der Waals surface area contributed by atoms with Crippen molar-refractivity contribution in [3.63, 3.8) is 0 Å². The molecule has 2 aromatic heterocycles. The number of anilines is 1. The largest absolute Gasteiger partial charge is 0.351 e. The normalized spacial score (nSPS) is 19.7. The van der Waals surface area contributed by atoms with Crippen LogP contribution in [0.4, 0.5) is 5.69 Å². The highest BCUT2D eigenvalue weighted by atomic mass is 32.1. The van der Waals surface area contributed by atoms with Gasteiger partial charge < -0.3 is 14.8 Å². The molecular formula is C23H26N4S. The molecule has 0 unspecified atom stereocenters. The number of pyridine rings is 1. The number of rotatable bonds is 3. The first-order valence-electron chi connectivity index (χ1n) is 9.60. The fourth-order valence-electron chi connectivity index (χ4n) is 3.75. The Kier molecular flexibility index (Phi) is 4.71. The highest BCUT2D eigenvalue weighted by Gasteiger charge is 2.41. The first-order valence-corrected chi connectivity index (χ1v) is 10.0. The van der Waals surface area contributed by atoms with Crippen LogP contribution < -0.4 is 10.2 Å². The van der Waals surface area contributed by atoms with Crippen LogP contribution in [0.1, 0.15) is 49.7 Å². The molecule has 0 radical (unpaired) electrons. The Morgan fingerprint density at radius 3 is 2.54 bits per heavy atom. The standard InChI is InChI=1S/C23H26N4S/c1-16-8-7-9-18(14-16)27-21(17-11-13-26(15-17)23(2,3)4)20(25-22(27)28)19-10-5-6-12-24-19/h5-15,20-21H,1-4H3,(H,25,28)/t20-,21+/m1/s1. The molecule has 144 valence electrons. The van der Waals surface area contributed by atoms with E-state index in [1.165, 1.54) is 11.1 Å².